The summed E-state index contributed by atoms with van der Waals surface area (Å²) in [7, 11) is 0. The van der Waals surface area contributed by atoms with E-state index in [1.165, 1.54) is 11.1 Å². The van der Waals surface area contributed by atoms with E-state index in [1.807, 2.05) is 13.0 Å². The molecule has 0 saturated heterocycles. The number of hydrogen-bond acceptors (Lipinski definition) is 2. The van der Waals surface area contributed by atoms with Crippen molar-refractivity contribution in [3.8, 4) is 11.5 Å². The van der Waals surface area contributed by atoms with Crippen LogP contribution in [0.2, 0.25) is 0 Å². The molecular weight excluding hydrogens is 236 g/mol. The van der Waals surface area contributed by atoms with Gasteiger partial charge < -0.3 is 9.84 Å². The highest BCUT2D eigenvalue weighted by Gasteiger charge is 2.30. The van der Waals surface area contributed by atoms with Crippen LogP contribution in [0.1, 0.15) is 29.7 Å². The third kappa shape index (κ3) is 2.30. The van der Waals surface area contributed by atoms with Crippen LogP contribution in [0.3, 0.4) is 0 Å². The van der Waals surface area contributed by atoms with E-state index in [2.05, 4.69) is 31.2 Å². The van der Waals surface area contributed by atoms with Gasteiger partial charge in [0.25, 0.3) is 0 Å². The van der Waals surface area contributed by atoms with E-state index in [0.29, 0.717) is 5.92 Å². The molecule has 2 atom stereocenters. The molecule has 2 aromatic carbocycles. The third-order valence-electron chi connectivity index (χ3n) is 3.72. The fourth-order valence-electron chi connectivity index (χ4n) is 2.88. The lowest BCUT2D eigenvalue weighted by molar-refractivity contribution is 0.159. The number of aromatic hydroxyl groups is 1. The first-order valence-electron chi connectivity index (χ1n) is 6.68. The minimum Gasteiger partial charge on any atom is -0.508 e. The Hall–Kier alpha value is -1.96. The topological polar surface area (TPSA) is 29.5 Å². The van der Waals surface area contributed by atoms with Gasteiger partial charge in [0.1, 0.15) is 17.6 Å². The summed E-state index contributed by atoms with van der Waals surface area (Å²) in [6.07, 6.45) is 1.14. The Kier molecular flexibility index (Phi) is 2.94. The second-order valence-electron chi connectivity index (χ2n) is 5.42. The average Bonchev–Trinajstić information content (AvgIpc) is 2.65. The fraction of sp³-hybridized carbons (Fsp3) is 0.294. The van der Waals surface area contributed by atoms with Crippen LogP contribution in [0.25, 0.3) is 0 Å². The SMILES string of the molecule is Cc1cc(O)cc(OC2c3ccccc3C[C@H]2C)c1. The molecule has 2 aromatic rings. The quantitative estimate of drug-likeness (QED) is 0.877. The summed E-state index contributed by atoms with van der Waals surface area (Å²) in [6.45, 7) is 4.17. The van der Waals surface area contributed by atoms with Crippen molar-refractivity contribution < 1.29 is 9.84 Å². The Bertz CT molecular complexity index is 584. The van der Waals surface area contributed by atoms with Gasteiger partial charge in [-0.25, -0.2) is 0 Å². The van der Waals surface area contributed by atoms with E-state index >= 15 is 0 Å². The van der Waals surface area contributed by atoms with Crippen molar-refractivity contribution in [3.63, 3.8) is 0 Å². The Morgan fingerprint density at radius 3 is 2.74 bits per heavy atom. The molecule has 3 rings (SSSR count). The second kappa shape index (κ2) is 4.61. The van der Waals surface area contributed by atoms with Crippen LogP contribution in [-0.2, 0) is 6.42 Å². The van der Waals surface area contributed by atoms with Crippen molar-refractivity contribution in [2.45, 2.75) is 26.4 Å². The molecule has 0 radical (unpaired) electrons. The van der Waals surface area contributed by atoms with E-state index in [4.69, 9.17) is 4.74 Å². The maximum Gasteiger partial charge on any atom is 0.127 e. The predicted octanol–water partition coefficient (Wildman–Crippen LogP) is 4.01. The first-order valence-corrected chi connectivity index (χ1v) is 6.68. The molecule has 0 fully saturated rings. The van der Waals surface area contributed by atoms with Gasteiger partial charge in [-0.2, -0.15) is 0 Å². The molecule has 1 aliphatic rings. The van der Waals surface area contributed by atoms with E-state index in [-0.39, 0.29) is 11.9 Å². The lowest BCUT2D eigenvalue weighted by Gasteiger charge is -2.19. The zero-order chi connectivity index (χ0) is 13.4. The Labute approximate surface area is 113 Å². The zero-order valence-corrected chi connectivity index (χ0v) is 11.3. The minimum atomic E-state index is 0.0809. The molecule has 1 unspecified atom stereocenters. The summed E-state index contributed by atoms with van der Waals surface area (Å²) < 4.78 is 6.12. The number of phenolic OH excluding ortho intramolecular Hbond substituents is 1. The monoisotopic (exact) mass is 254 g/mol. The summed E-state index contributed by atoms with van der Waals surface area (Å²) in [5.74, 6) is 1.46. The highest BCUT2D eigenvalue weighted by Crippen LogP contribution is 2.39. The molecule has 0 aliphatic heterocycles. The predicted molar refractivity (Wildman–Crippen MR) is 75.5 cm³/mol. The van der Waals surface area contributed by atoms with Gasteiger partial charge >= 0.3 is 0 Å². The second-order valence-corrected chi connectivity index (χ2v) is 5.42. The van der Waals surface area contributed by atoms with Gasteiger partial charge in [0.2, 0.25) is 0 Å². The van der Waals surface area contributed by atoms with Crippen LogP contribution >= 0.6 is 0 Å². The lowest BCUT2D eigenvalue weighted by atomic mass is 10.1. The molecule has 0 aromatic heterocycles. The fourth-order valence-corrected chi connectivity index (χ4v) is 2.88. The number of phenols is 1. The smallest absolute Gasteiger partial charge is 0.127 e. The van der Waals surface area contributed by atoms with Crippen molar-refractivity contribution >= 4 is 0 Å². The largest absolute Gasteiger partial charge is 0.508 e. The molecule has 2 nitrogen and oxygen atoms in total. The van der Waals surface area contributed by atoms with Gasteiger partial charge in [-0.05, 0) is 42.2 Å². The highest BCUT2D eigenvalue weighted by molar-refractivity contribution is 5.39. The van der Waals surface area contributed by atoms with Gasteiger partial charge in [-0.1, -0.05) is 31.2 Å². The normalized spacial score (nSPS) is 21.2. The van der Waals surface area contributed by atoms with Crippen LogP contribution in [0, 0.1) is 12.8 Å². The van der Waals surface area contributed by atoms with Crippen molar-refractivity contribution in [2.24, 2.45) is 5.92 Å². The molecule has 0 amide bonds. The molecular formula is C17H18O2. The zero-order valence-electron chi connectivity index (χ0n) is 11.3. The van der Waals surface area contributed by atoms with Crippen LogP contribution in [0.4, 0.5) is 0 Å². The molecule has 1 N–H and O–H groups in total. The maximum absolute atomic E-state index is 9.65. The van der Waals surface area contributed by atoms with Crippen molar-refractivity contribution in [3.05, 3.63) is 59.2 Å². The highest BCUT2D eigenvalue weighted by atomic mass is 16.5. The first kappa shape index (κ1) is 12.1. The number of ether oxygens (including phenoxy) is 1. The number of rotatable bonds is 2. The summed E-state index contributed by atoms with van der Waals surface area (Å²) in [5, 5.41) is 9.65. The van der Waals surface area contributed by atoms with Crippen LogP contribution in [0.5, 0.6) is 11.5 Å². The van der Waals surface area contributed by atoms with Gasteiger partial charge in [-0.3, -0.25) is 0 Å². The lowest BCUT2D eigenvalue weighted by Crippen LogP contribution is -2.11. The van der Waals surface area contributed by atoms with Gasteiger partial charge in [0, 0.05) is 12.0 Å². The van der Waals surface area contributed by atoms with Crippen LogP contribution < -0.4 is 4.74 Å². The van der Waals surface area contributed by atoms with Crippen LogP contribution in [0.15, 0.2) is 42.5 Å². The number of hydrogen-bond donors (Lipinski definition) is 1. The van der Waals surface area contributed by atoms with E-state index < -0.39 is 0 Å². The average molecular weight is 254 g/mol. The Balaban J connectivity index is 1.91. The summed E-state index contributed by atoms with van der Waals surface area (Å²) >= 11 is 0. The van der Waals surface area contributed by atoms with Crippen molar-refractivity contribution in [1.29, 1.82) is 0 Å². The molecule has 0 saturated carbocycles. The number of fused-ring (bicyclic) bond motifs is 1. The van der Waals surface area contributed by atoms with Gasteiger partial charge in [-0.15, -0.1) is 0 Å². The van der Waals surface area contributed by atoms with Gasteiger partial charge in [0.15, 0.2) is 0 Å². The van der Waals surface area contributed by atoms with Crippen LogP contribution in [-0.4, -0.2) is 5.11 Å². The summed E-state index contributed by atoms with van der Waals surface area (Å²) in [6, 6.07) is 13.8. The molecule has 0 bridgehead atoms. The molecule has 0 spiro atoms. The summed E-state index contributed by atoms with van der Waals surface area (Å²) in [4.78, 5) is 0. The number of benzene rings is 2. The Morgan fingerprint density at radius 2 is 1.95 bits per heavy atom. The number of aryl methyl sites for hydroxylation is 1. The first-order chi connectivity index (χ1) is 9.13. The van der Waals surface area contributed by atoms with E-state index in [1.54, 1.807) is 12.1 Å². The van der Waals surface area contributed by atoms with Crippen molar-refractivity contribution in [2.75, 3.05) is 0 Å². The molecule has 19 heavy (non-hydrogen) atoms. The molecule has 1 aliphatic carbocycles. The third-order valence-corrected chi connectivity index (χ3v) is 3.72. The van der Waals surface area contributed by atoms with E-state index in [0.717, 1.165) is 17.7 Å². The molecule has 0 heterocycles. The Morgan fingerprint density at radius 1 is 1.16 bits per heavy atom. The van der Waals surface area contributed by atoms with Gasteiger partial charge in [0.05, 0.1) is 0 Å². The molecule has 2 heteroatoms. The maximum atomic E-state index is 9.65. The van der Waals surface area contributed by atoms with E-state index in [9.17, 15) is 5.11 Å². The van der Waals surface area contributed by atoms with Crippen molar-refractivity contribution in [1.82, 2.24) is 0 Å². The summed E-state index contributed by atoms with van der Waals surface area (Å²) in [5.41, 5.74) is 3.65. The minimum absolute atomic E-state index is 0.0809. The molecule has 98 valence electrons. The standard InChI is InChI=1S/C17H18O2/c1-11-7-14(18)10-15(8-11)19-17-12(2)9-13-5-3-4-6-16(13)17/h3-8,10,12,17-18H,9H2,1-2H3/t12-,17?/m1/s1.